The monoisotopic (exact) mass is 316 g/mol. The number of ether oxygens (including phenoxy) is 1. The van der Waals surface area contributed by atoms with Crippen molar-refractivity contribution >= 4 is 35.6 Å². The number of hydrogen-bond donors (Lipinski definition) is 3. The molecule has 0 bridgehead atoms. The lowest BCUT2D eigenvalue weighted by Crippen LogP contribution is -2.69. The predicted octanol–water partition coefficient (Wildman–Crippen LogP) is -1.42. The molecule has 9 nitrogen and oxygen atoms in total. The van der Waals surface area contributed by atoms with Gasteiger partial charge in [-0.05, 0) is 0 Å². The van der Waals surface area contributed by atoms with E-state index in [1.54, 1.807) is 0 Å². The molecular formula is C11H12N2O7S. The highest BCUT2D eigenvalue weighted by Gasteiger charge is 2.55. The summed E-state index contributed by atoms with van der Waals surface area (Å²) in [7, 11) is 0. The van der Waals surface area contributed by atoms with Crippen molar-refractivity contribution in [3.63, 3.8) is 0 Å². The molecule has 21 heavy (non-hydrogen) atoms. The maximum Gasteiger partial charge on any atom is 0.352 e. The molecule has 1 fully saturated rings. The fourth-order valence-electron chi connectivity index (χ4n) is 2.14. The fourth-order valence-corrected chi connectivity index (χ4v) is 3.50. The third-order valence-corrected chi connectivity index (χ3v) is 4.62. The Hall–Kier alpha value is -2.07. The molecule has 4 N–H and O–H groups in total. The molecule has 10 heteroatoms. The van der Waals surface area contributed by atoms with Crippen molar-refractivity contribution in [1.82, 2.24) is 4.90 Å². The Morgan fingerprint density at radius 2 is 2.00 bits per heavy atom. The summed E-state index contributed by atoms with van der Waals surface area (Å²) in [4.78, 5) is 46.2. The zero-order valence-corrected chi connectivity index (χ0v) is 11.6. The maximum absolute atomic E-state index is 11.7. The number of carbonyl (C=O) groups is 4. The van der Waals surface area contributed by atoms with Gasteiger partial charge in [0.1, 0.15) is 29.0 Å². The van der Waals surface area contributed by atoms with Crippen LogP contribution in [-0.2, 0) is 23.9 Å². The number of nitrogens with zero attached hydrogens (tertiary/aromatic N) is 1. The van der Waals surface area contributed by atoms with E-state index >= 15 is 0 Å². The van der Waals surface area contributed by atoms with Gasteiger partial charge >= 0.3 is 17.9 Å². The Morgan fingerprint density at radius 1 is 1.38 bits per heavy atom. The smallest absolute Gasteiger partial charge is 0.352 e. The number of β-lactam (4-membered cyclic amide) rings is 1. The van der Waals surface area contributed by atoms with E-state index in [2.05, 4.69) is 0 Å². The Bertz CT molecular complexity index is 573. The second-order valence-corrected chi connectivity index (χ2v) is 5.66. The van der Waals surface area contributed by atoms with E-state index in [4.69, 9.17) is 10.5 Å². The van der Waals surface area contributed by atoms with Gasteiger partial charge in [0.2, 0.25) is 5.91 Å². The van der Waals surface area contributed by atoms with Crippen LogP contribution in [0.3, 0.4) is 0 Å². The number of amides is 1. The van der Waals surface area contributed by atoms with Gasteiger partial charge in [-0.25, -0.2) is 4.79 Å². The molecule has 3 unspecified atom stereocenters. The van der Waals surface area contributed by atoms with Gasteiger partial charge in [-0.3, -0.25) is 19.3 Å². The normalized spacial score (nSPS) is 27.8. The standard InChI is InChI=1S/C11H12N2O7S/c1-3(14)20-2-4-6(10(16)17)13-8(15)5(12)9(13)21-7(4)11(18)19/h5,7,9H,2,12H2,1H3,(H,16,17)(H,18,19). The van der Waals surface area contributed by atoms with Gasteiger partial charge in [0.05, 0.1) is 0 Å². The average molecular weight is 316 g/mol. The second kappa shape index (κ2) is 5.37. The third-order valence-electron chi connectivity index (χ3n) is 3.08. The molecule has 2 rings (SSSR count). The summed E-state index contributed by atoms with van der Waals surface area (Å²) in [6.45, 7) is 0.604. The van der Waals surface area contributed by atoms with Crippen molar-refractivity contribution < 1.29 is 34.1 Å². The fraction of sp³-hybridized carbons (Fsp3) is 0.455. The predicted molar refractivity (Wildman–Crippen MR) is 68.9 cm³/mol. The molecule has 0 aliphatic carbocycles. The van der Waals surface area contributed by atoms with Crippen LogP contribution in [-0.4, -0.2) is 62.2 Å². The van der Waals surface area contributed by atoms with E-state index in [0.717, 1.165) is 23.6 Å². The van der Waals surface area contributed by atoms with Gasteiger partial charge < -0.3 is 20.7 Å². The number of esters is 1. The molecule has 0 aromatic rings. The highest BCUT2D eigenvalue weighted by Crippen LogP contribution is 2.43. The molecule has 0 aromatic heterocycles. The highest BCUT2D eigenvalue weighted by molar-refractivity contribution is 8.01. The van der Waals surface area contributed by atoms with Crippen molar-refractivity contribution in [2.75, 3.05) is 6.61 Å². The third kappa shape index (κ3) is 2.47. The second-order valence-electron chi connectivity index (χ2n) is 4.44. The number of rotatable bonds is 4. The molecule has 3 atom stereocenters. The molecule has 2 aliphatic heterocycles. The van der Waals surface area contributed by atoms with Crippen LogP contribution in [0, 0.1) is 0 Å². The summed E-state index contributed by atoms with van der Waals surface area (Å²) in [5.41, 5.74) is 4.94. The van der Waals surface area contributed by atoms with E-state index < -0.39 is 52.8 Å². The summed E-state index contributed by atoms with van der Waals surface area (Å²) in [6.07, 6.45) is 0. The lowest BCUT2D eigenvalue weighted by molar-refractivity contribution is -0.149. The number of hydrogen-bond acceptors (Lipinski definition) is 7. The largest absolute Gasteiger partial charge is 0.480 e. The molecule has 2 aliphatic rings. The first-order valence-electron chi connectivity index (χ1n) is 5.82. The summed E-state index contributed by atoms with van der Waals surface area (Å²) in [6, 6.07) is -0.943. The minimum atomic E-state index is -1.46. The number of carboxylic acid groups (broad SMARTS) is 2. The number of aliphatic carboxylic acids is 2. The lowest BCUT2D eigenvalue weighted by atomic mass is 10.0. The zero-order valence-electron chi connectivity index (χ0n) is 10.8. The molecule has 0 saturated carbocycles. The summed E-state index contributed by atoms with van der Waals surface area (Å²) >= 11 is 0.850. The van der Waals surface area contributed by atoms with Crippen LogP contribution in [0.4, 0.5) is 0 Å². The number of thioether (sulfide) groups is 1. The van der Waals surface area contributed by atoms with Gasteiger partial charge in [-0.15, -0.1) is 11.8 Å². The van der Waals surface area contributed by atoms with Gasteiger partial charge in [-0.2, -0.15) is 0 Å². The van der Waals surface area contributed by atoms with Crippen LogP contribution in [0.1, 0.15) is 6.92 Å². The van der Waals surface area contributed by atoms with Crippen LogP contribution >= 0.6 is 11.8 Å². The van der Waals surface area contributed by atoms with Crippen LogP contribution < -0.4 is 5.73 Å². The lowest BCUT2D eigenvalue weighted by Gasteiger charge is -2.49. The van der Waals surface area contributed by atoms with Crippen molar-refractivity contribution in [2.45, 2.75) is 23.6 Å². The van der Waals surface area contributed by atoms with Gasteiger partial charge in [0.25, 0.3) is 0 Å². The molecule has 1 saturated heterocycles. The van der Waals surface area contributed by atoms with Gasteiger partial charge in [0.15, 0.2) is 0 Å². The average Bonchev–Trinajstić information content (AvgIpc) is 2.41. The molecule has 1 amide bonds. The zero-order chi connectivity index (χ0) is 15.9. The minimum Gasteiger partial charge on any atom is -0.480 e. The van der Waals surface area contributed by atoms with Crippen molar-refractivity contribution in [3.05, 3.63) is 11.3 Å². The maximum atomic E-state index is 11.7. The van der Waals surface area contributed by atoms with Crippen molar-refractivity contribution in [2.24, 2.45) is 5.73 Å². The molecule has 2 heterocycles. The summed E-state index contributed by atoms with van der Waals surface area (Å²) in [5, 5.41) is 16.5. The topological polar surface area (TPSA) is 147 Å². The molecular weight excluding hydrogens is 304 g/mol. The SMILES string of the molecule is CC(=O)OCC1=C(C(=O)O)N2C(=O)C(N)C2SC1C(=O)O. The van der Waals surface area contributed by atoms with E-state index in [9.17, 15) is 29.4 Å². The number of carbonyl (C=O) groups excluding carboxylic acids is 2. The summed E-state index contributed by atoms with van der Waals surface area (Å²) in [5.74, 6) is -4.04. The Kier molecular flexibility index (Phi) is 3.92. The first kappa shape index (κ1) is 15.3. The minimum absolute atomic E-state index is 0.147. The number of nitrogens with two attached hydrogens (primary N) is 1. The van der Waals surface area contributed by atoms with Gasteiger partial charge in [-0.1, -0.05) is 0 Å². The van der Waals surface area contributed by atoms with E-state index in [1.165, 1.54) is 0 Å². The van der Waals surface area contributed by atoms with E-state index in [0.29, 0.717) is 0 Å². The summed E-state index contributed by atoms with van der Waals surface area (Å²) < 4.78 is 4.71. The van der Waals surface area contributed by atoms with Crippen LogP contribution in [0.5, 0.6) is 0 Å². The van der Waals surface area contributed by atoms with Crippen molar-refractivity contribution in [3.8, 4) is 0 Å². The Balaban J connectivity index is 2.46. The van der Waals surface area contributed by atoms with E-state index in [-0.39, 0.29) is 5.57 Å². The molecule has 114 valence electrons. The Labute approximate surface area is 122 Å². The molecule has 0 radical (unpaired) electrons. The number of carboxylic acids is 2. The van der Waals surface area contributed by atoms with E-state index in [1.807, 2.05) is 0 Å². The first-order chi connectivity index (χ1) is 9.75. The van der Waals surface area contributed by atoms with Gasteiger partial charge in [0, 0.05) is 12.5 Å². The van der Waals surface area contributed by atoms with Crippen LogP contribution in [0.2, 0.25) is 0 Å². The Morgan fingerprint density at radius 3 is 2.48 bits per heavy atom. The number of fused-ring (bicyclic) bond motifs is 1. The highest BCUT2D eigenvalue weighted by atomic mass is 32.2. The molecule has 0 aromatic carbocycles. The first-order valence-corrected chi connectivity index (χ1v) is 6.76. The van der Waals surface area contributed by atoms with Crippen LogP contribution in [0.15, 0.2) is 11.3 Å². The quantitative estimate of drug-likeness (QED) is 0.420. The van der Waals surface area contributed by atoms with Crippen LogP contribution in [0.25, 0.3) is 0 Å². The van der Waals surface area contributed by atoms with Crippen molar-refractivity contribution in [1.29, 1.82) is 0 Å². The molecule has 0 spiro atoms.